The second-order valence-corrected chi connectivity index (χ2v) is 6.84. The van der Waals surface area contributed by atoms with Crippen molar-refractivity contribution < 1.29 is 19.1 Å². The van der Waals surface area contributed by atoms with Crippen molar-refractivity contribution in [3.63, 3.8) is 0 Å². The molecule has 25 heavy (non-hydrogen) atoms. The molecule has 0 bridgehead atoms. The third kappa shape index (κ3) is 3.29. The van der Waals surface area contributed by atoms with Crippen LogP contribution in [0.4, 0.5) is 0 Å². The van der Waals surface area contributed by atoms with Crippen molar-refractivity contribution >= 4 is 23.6 Å². The lowest BCUT2D eigenvalue weighted by Gasteiger charge is -2.48. The van der Waals surface area contributed by atoms with E-state index >= 15 is 0 Å². The number of hydrogen-bond acceptors (Lipinski definition) is 6. The minimum atomic E-state index is -0.554. The van der Waals surface area contributed by atoms with Crippen LogP contribution in [-0.2, 0) is 20.9 Å². The number of carbonyl (C=O) groups excluding carboxylic acids is 2. The number of β-lactam (4-membered cyclic amide) rings is 1. The van der Waals surface area contributed by atoms with E-state index in [-0.39, 0.29) is 17.9 Å². The van der Waals surface area contributed by atoms with Crippen LogP contribution < -0.4 is 10.5 Å². The summed E-state index contributed by atoms with van der Waals surface area (Å²) in [4.78, 5) is 26.2. The second-order valence-electron chi connectivity index (χ2n) is 5.73. The number of thioether (sulfide) groups is 1. The Kier molecular flexibility index (Phi) is 5.15. The number of ether oxygens (including phenoxy) is 2. The Hall–Kier alpha value is -2.25. The molecule has 6 nitrogen and oxygen atoms in total. The summed E-state index contributed by atoms with van der Waals surface area (Å²) >= 11 is 1.56. The Labute approximate surface area is 150 Å². The largest absolute Gasteiger partial charge is 0.497 e. The van der Waals surface area contributed by atoms with Crippen LogP contribution in [0.2, 0.25) is 0 Å². The summed E-state index contributed by atoms with van der Waals surface area (Å²) in [5.41, 5.74) is 7.77. The third-order valence-electron chi connectivity index (χ3n) is 4.13. The van der Waals surface area contributed by atoms with Gasteiger partial charge < -0.3 is 15.2 Å². The summed E-state index contributed by atoms with van der Waals surface area (Å²) in [6.45, 7) is 2.00. The summed E-state index contributed by atoms with van der Waals surface area (Å²) in [5.74, 6) is 0.616. The van der Waals surface area contributed by atoms with Crippen LogP contribution in [0.3, 0.4) is 0 Å². The lowest BCUT2D eigenvalue weighted by molar-refractivity contribution is -0.151. The molecule has 2 N–H and O–H groups in total. The summed E-state index contributed by atoms with van der Waals surface area (Å²) in [5, 5.41) is -0.190. The molecule has 0 aromatic heterocycles. The maximum absolute atomic E-state index is 12.6. The maximum Gasteiger partial charge on any atom is 0.355 e. The van der Waals surface area contributed by atoms with E-state index in [2.05, 4.69) is 0 Å². The van der Waals surface area contributed by atoms with Gasteiger partial charge in [-0.25, -0.2) is 4.79 Å². The number of methoxy groups -OCH3 is 1. The number of amides is 1. The topological polar surface area (TPSA) is 81.9 Å². The van der Waals surface area contributed by atoms with Gasteiger partial charge in [0.05, 0.1) is 7.11 Å². The molecule has 1 amide bonds. The van der Waals surface area contributed by atoms with Gasteiger partial charge in [-0.3, -0.25) is 9.69 Å². The smallest absolute Gasteiger partial charge is 0.355 e. The molecule has 132 valence electrons. The monoisotopic (exact) mass is 360 g/mol. The fraction of sp³-hybridized carbons (Fsp3) is 0.333. The number of fused-ring (bicyclic) bond motifs is 1. The van der Waals surface area contributed by atoms with Gasteiger partial charge in [0.25, 0.3) is 0 Å². The van der Waals surface area contributed by atoms with E-state index < -0.39 is 12.0 Å². The Morgan fingerprint density at radius 2 is 2.12 bits per heavy atom. The van der Waals surface area contributed by atoms with Crippen LogP contribution in [0.25, 0.3) is 0 Å². The zero-order valence-electron chi connectivity index (χ0n) is 14.1. The molecular formula is C18H20N2O4S. The molecule has 2 heterocycles. The summed E-state index contributed by atoms with van der Waals surface area (Å²) < 4.78 is 10.5. The SMILES string of the molecule is CC=CC1=C(C(=O)OCc2ccc(OC)cc2)N2C(=O)C(N)[C@H]2SC1. The Balaban J connectivity index is 1.76. The number of benzene rings is 1. The molecular weight excluding hydrogens is 340 g/mol. The fourth-order valence-electron chi connectivity index (χ4n) is 2.80. The number of nitrogens with two attached hydrogens (primary N) is 1. The molecule has 0 radical (unpaired) electrons. The molecule has 0 spiro atoms. The number of allylic oxidation sites excluding steroid dienone is 2. The number of hydrogen-bond donors (Lipinski definition) is 1. The molecule has 1 aromatic rings. The van der Waals surface area contributed by atoms with Gasteiger partial charge in [0.2, 0.25) is 5.91 Å². The van der Waals surface area contributed by atoms with E-state index in [9.17, 15) is 9.59 Å². The second kappa shape index (κ2) is 7.33. The lowest BCUT2D eigenvalue weighted by atomic mass is 10.0. The van der Waals surface area contributed by atoms with Crippen molar-refractivity contribution in [3.8, 4) is 5.75 Å². The average Bonchev–Trinajstić information content (AvgIpc) is 2.65. The normalized spacial score (nSPS) is 22.7. The van der Waals surface area contributed by atoms with Crippen LogP contribution in [0.5, 0.6) is 5.75 Å². The molecule has 1 unspecified atom stereocenters. The van der Waals surface area contributed by atoms with Crippen LogP contribution in [0.15, 0.2) is 47.7 Å². The fourth-order valence-corrected chi connectivity index (χ4v) is 4.06. The third-order valence-corrected chi connectivity index (χ3v) is 5.45. The minimum absolute atomic E-state index is 0.126. The first-order valence-corrected chi connectivity index (χ1v) is 8.98. The zero-order chi connectivity index (χ0) is 18.0. The van der Waals surface area contributed by atoms with Crippen LogP contribution in [0.1, 0.15) is 12.5 Å². The first kappa shape index (κ1) is 17.6. The summed E-state index contributed by atoms with van der Waals surface area (Å²) in [7, 11) is 1.59. The van der Waals surface area contributed by atoms with Gasteiger partial charge >= 0.3 is 5.97 Å². The highest BCUT2D eigenvalue weighted by atomic mass is 32.2. The van der Waals surface area contributed by atoms with E-state index in [1.54, 1.807) is 31.0 Å². The Morgan fingerprint density at radius 3 is 2.76 bits per heavy atom. The summed E-state index contributed by atoms with van der Waals surface area (Å²) in [6, 6.07) is 6.72. The van der Waals surface area contributed by atoms with Gasteiger partial charge in [-0.1, -0.05) is 24.3 Å². The van der Waals surface area contributed by atoms with Crippen molar-refractivity contribution in [2.75, 3.05) is 12.9 Å². The standard InChI is InChI=1S/C18H20N2O4S/c1-3-4-12-10-25-17-14(19)16(21)20(17)15(12)18(22)24-9-11-5-7-13(23-2)8-6-11/h3-8,14,17H,9-10,19H2,1-2H3/t14?,17-/m1/s1. The number of rotatable bonds is 5. The zero-order valence-corrected chi connectivity index (χ0v) is 14.9. The van der Waals surface area contributed by atoms with E-state index in [0.29, 0.717) is 11.4 Å². The highest BCUT2D eigenvalue weighted by molar-refractivity contribution is 8.00. The van der Waals surface area contributed by atoms with Gasteiger partial charge in [0.15, 0.2) is 0 Å². The first-order valence-electron chi connectivity index (χ1n) is 7.93. The van der Waals surface area contributed by atoms with Crippen molar-refractivity contribution in [1.29, 1.82) is 0 Å². The van der Waals surface area contributed by atoms with Crippen LogP contribution >= 0.6 is 11.8 Å². The maximum atomic E-state index is 12.6. The highest BCUT2D eigenvalue weighted by Crippen LogP contribution is 2.40. The molecule has 0 saturated carbocycles. The van der Waals surface area contributed by atoms with Crippen molar-refractivity contribution in [1.82, 2.24) is 4.90 Å². The van der Waals surface area contributed by atoms with Gasteiger partial charge in [-0.2, -0.15) is 0 Å². The van der Waals surface area contributed by atoms with Crippen molar-refractivity contribution in [2.24, 2.45) is 5.73 Å². The molecule has 1 fully saturated rings. The number of nitrogens with zero attached hydrogens (tertiary/aromatic N) is 1. The van der Waals surface area contributed by atoms with E-state index in [1.165, 1.54) is 4.90 Å². The van der Waals surface area contributed by atoms with Crippen LogP contribution in [-0.4, -0.2) is 41.1 Å². The molecule has 2 atom stereocenters. The molecule has 2 aliphatic rings. The molecule has 1 aromatic carbocycles. The molecule has 3 rings (SSSR count). The Bertz CT molecular complexity index is 742. The van der Waals surface area contributed by atoms with Crippen LogP contribution in [0, 0.1) is 0 Å². The molecule has 1 saturated heterocycles. The van der Waals surface area contributed by atoms with E-state index in [4.69, 9.17) is 15.2 Å². The first-order chi connectivity index (χ1) is 12.1. The van der Waals surface area contributed by atoms with Crippen molar-refractivity contribution in [3.05, 3.63) is 53.3 Å². The predicted molar refractivity (Wildman–Crippen MR) is 95.7 cm³/mol. The quantitative estimate of drug-likeness (QED) is 0.637. The van der Waals surface area contributed by atoms with Crippen molar-refractivity contribution in [2.45, 2.75) is 24.9 Å². The highest BCUT2D eigenvalue weighted by Gasteiger charge is 2.51. The molecule has 0 aliphatic carbocycles. The number of esters is 1. The van der Waals surface area contributed by atoms with Gasteiger partial charge in [0, 0.05) is 5.75 Å². The lowest BCUT2D eigenvalue weighted by Crippen LogP contribution is -2.68. The summed E-state index contributed by atoms with van der Waals surface area (Å²) in [6.07, 6.45) is 3.68. The minimum Gasteiger partial charge on any atom is -0.497 e. The van der Waals surface area contributed by atoms with Gasteiger partial charge in [-0.15, -0.1) is 11.8 Å². The Morgan fingerprint density at radius 1 is 1.40 bits per heavy atom. The van der Waals surface area contributed by atoms with E-state index in [0.717, 1.165) is 16.9 Å². The average molecular weight is 360 g/mol. The van der Waals surface area contributed by atoms with Gasteiger partial charge in [-0.05, 0) is 30.2 Å². The number of carbonyl (C=O) groups is 2. The van der Waals surface area contributed by atoms with E-state index in [1.807, 2.05) is 31.2 Å². The molecule has 2 aliphatic heterocycles. The predicted octanol–water partition coefficient (Wildman–Crippen LogP) is 1.81. The molecule has 7 heteroatoms. The van der Waals surface area contributed by atoms with Gasteiger partial charge in [0.1, 0.15) is 29.5 Å².